The predicted octanol–water partition coefficient (Wildman–Crippen LogP) is 3.59. The molecule has 0 atom stereocenters. The first kappa shape index (κ1) is 17.3. The lowest BCUT2D eigenvalue weighted by Gasteiger charge is -2.32. The molecule has 1 aromatic carbocycles. The molecule has 0 saturated carbocycles. The Labute approximate surface area is 146 Å². The maximum atomic E-state index is 12.2. The summed E-state index contributed by atoms with van der Waals surface area (Å²) in [5, 5.41) is 3.07. The highest BCUT2D eigenvalue weighted by atomic mass is 16.1. The minimum absolute atomic E-state index is 0.157. The first-order chi connectivity index (χ1) is 11.6. The predicted molar refractivity (Wildman–Crippen MR) is 101 cm³/mol. The van der Waals surface area contributed by atoms with Gasteiger partial charge >= 0.3 is 0 Å². The number of piperidine rings is 2. The number of nitrogens with one attached hydrogen (secondary N) is 1. The van der Waals surface area contributed by atoms with Crippen LogP contribution >= 0.6 is 0 Å². The summed E-state index contributed by atoms with van der Waals surface area (Å²) in [7, 11) is 2.15. The zero-order valence-electron chi connectivity index (χ0n) is 15.1. The molecule has 1 aromatic rings. The number of anilines is 2. The lowest BCUT2D eigenvalue weighted by Crippen LogP contribution is -2.32. The molecule has 24 heavy (non-hydrogen) atoms. The number of carbonyl (C=O) groups is 1. The number of nitrogens with zero attached hydrogens (tertiary/aromatic N) is 2. The van der Waals surface area contributed by atoms with E-state index in [4.69, 9.17) is 0 Å². The Balaban J connectivity index is 1.48. The van der Waals surface area contributed by atoms with E-state index < -0.39 is 0 Å². The summed E-state index contributed by atoms with van der Waals surface area (Å²) in [6, 6.07) is 8.36. The van der Waals surface area contributed by atoms with Crippen molar-refractivity contribution in [1.82, 2.24) is 4.90 Å². The van der Waals surface area contributed by atoms with Crippen molar-refractivity contribution in [3.63, 3.8) is 0 Å². The molecule has 2 fully saturated rings. The minimum atomic E-state index is 0.157. The fourth-order valence-electron chi connectivity index (χ4n) is 3.76. The third kappa shape index (κ3) is 4.73. The summed E-state index contributed by atoms with van der Waals surface area (Å²) in [5.41, 5.74) is 2.19. The fourth-order valence-corrected chi connectivity index (χ4v) is 3.76. The lowest BCUT2D eigenvalue weighted by atomic mass is 9.93. The molecule has 0 bridgehead atoms. The minimum Gasteiger partial charge on any atom is -0.372 e. The molecule has 0 radical (unpaired) electrons. The summed E-state index contributed by atoms with van der Waals surface area (Å²) in [6.45, 7) is 6.84. The Morgan fingerprint density at radius 1 is 1.04 bits per heavy atom. The van der Waals surface area contributed by atoms with Gasteiger partial charge in [-0.05, 0) is 81.9 Å². The van der Waals surface area contributed by atoms with Gasteiger partial charge in [-0.15, -0.1) is 0 Å². The molecule has 2 aliphatic rings. The molecule has 3 rings (SSSR count). The van der Waals surface area contributed by atoms with E-state index in [0.29, 0.717) is 12.3 Å². The zero-order chi connectivity index (χ0) is 16.9. The Kier molecular flexibility index (Phi) is 5.77. The van der Waals surface area contributed by atoms with E-state index in [1.165, 1.54) is 18.5 Å². The van der Waals surface area contributed by atoms with Crippen LogP contribution in [0.4, 0.5) is 11.4 Å². The van der Waals surface area contributed by atoms with Crippen molar-refractivity contribution in [2.45, 2.75) is 39.0 Å². The first-order valence-corrected chi connectivity index (χ1v) is 9.43. The molecule has 0 aromatic heterocycles. The maximum absolute atomic E-state index is 12.2. The number of hydrogen-bond donors (Lipinski definition) is 1. The highest BCUT2D eigenvalue weighted by molar-refractivity contribution is 5.91. The van der Waals surface area contributed by atoms with Crippen LogP contribution in [0.5, 0.6) is 0 Å². The van der Waals surface area contributed by atoms with E-state index >= 15 is 0 Å². The lowest BCUT2D eigenvalue weighted by molar-refractivity contribution is -0.117. The van der Waals surface area contributed by atoms with Crippen LogP contribution in [0.2, 0.25) is 0 Å². The number of likely N-dealkylation sites (tertiary alicyclic amines) is 1. The summed E-state index contributed by atoms with van der Waals surface area (Å²) >= 11 is 0. The molecule has 0 unspecified atom stereocenters. The van der Waals surface area contributed by atoms with Gasteiger partial charge in [0.2, 0.25) is 5.91 Å². The van der Waals surface area contributed by atoms with Crippen LogP contribution < -0.4 is 10.2 Å². The first-order valence-electron chi connectivity index (χ1n) is 9.43. The average molecular weight is 329 g/mol. The monoisotopic (exact) mass is 329 g/mol. The summed E-state index contributed by atoms with van der Waals surface area (Å²) in [5.74, 6) is 1.54. The van der Waals surface area contributed by atoms with Crippen molar-refractivity contribution in [2.24, 2.45) is 11.8 Å². The third-order valence-electron chi connectivity index (χ3n) is 5.61. The van der Waals surface area contributed by atoms with Crippen LogP contribution in [0, 0.1) is 11.8 Å². The van der Waals surface area contributed by atoms with Gasteiger partial charge in [-0.1, -0.05) is 6.92 Å². The molecule has 1 N–H and O–H groups in total. The van der Waals surface area contributed by atoms with Crippen molar-refractivity contribution in [1.29, 1.82) is 0 Å². The van der Waals surface area contributed by atoms with Crippen molar-refractivity contribution in [3.8, 4) is 0 Å². The number of carbonyl (C=O) groups excluding carboxylic acids is 1. The van der Waals surface area contributed by atoms with Gasteiger partial charge in [-0.3, -0.25) is 4.79 Å². The summed E-state index contributed by atoms with van der Waals surface area (Å²) in [6.07, 6.45) is 5.47. The molecular weight excluding hydrogens is 298 g/mol. The Morgan fingerprint density at radius 3 is 2.29 bits per heavy atom. The van der Waals surface area contributed by atoms with E-state index in [1.54, 1.807) is 0 Å². The van der Waals surface area contributed by atoms with Crippen LogP contribution in [-0.4, -0.2) is 44.0 Å². The third-order valence-corrected chi connectivity index (χ3v) is 5.61. The number of benzene rings is 1. The standard InChI is InChI=1S/C20H31N3O/c1-16-7-13-23(14-8-16)19-5-3-18(4-6-19)21-20(24)15-17-9-11-22(2)12-10-17/h3-6,16-17H,7-15H2,1-2H3,(H,21,24). The van der Waals surface area contributed by atoms with E-state index in [1.807, 2.05) is 12.1 Å². The normalized spacial score (nSPS) is 21.0. The van der Waals surface area contributed by atoms with Gasteiger partial charge in [0.15, 0.2) is 0 Å². The largest absolute Gasteiger partial charge is 0.372 e. The van der Waals surface area contributed by atoms with Crippen LogP contribution in [0.3, 0.4) is 0 Å². The Bertz CT molecular complexity index is 526. The topological polar surface area (TPSA) is 35.6 Å². The zero-order valence-corrected chi connectivity index (χ0v) is 15.1. The smallest absolute Gasteiger partial charge is 0.224 e. The second-order valence-corrected chi connectivity index (χ2v) is 7.72. The Morgan fingerprint density at radius 2 is 1.67 bits per heavy atom. The number of rotatable bonds is 4. The molecule has 2 aliphatic heterocycles. The maximum Gasteiger partial charge on any atom is 0.224 e. The van der Waals surface area contributed by atoms with Gasteiger partial charge in [0.1, 0.15) is 0 Å². The van der Waals surface area contributed by atoms with Crippen molar-refractivity contribution in [2.75, 3.05) is 43.4 Å². The molecule has 132 valence electrons. The van der Waals surface area contributed by atoms with Crippen molar-refractivity contribution >= 4 is 17.3 Å². The van der Waals surface area contributed by atoms with E-state index in [2.05, 4.69) is 41.2 Å². The number of amides is 1. The molecule has 0 spiro atoms. The van der Waals surface area contributed by atoms with Crippen LogP contribution in [0.15, 0.2) is 24.3 Å². The van der Waals surface area contributed by atoms with Gasteiger partial charge in [0.05, 0.1) is 0 Å². The Hall–Kier alpha value is -1.55. The second-order valence-electron chi connectivity index (χ2n) is 7.72. The van der Waals surface area contributed by atoms with E-state index in [0.717, 1.165) is 50.6 Å². The van der Waals surface area contributed by atoms with Gasteiger partial charge in [0, 0.05) is 30.9 Å². The summed E-state index contributed by atoms with van der Waals surface area (Å²) < 4.78 is 0. The molecule has 1 amide bonds. The quantitative estimate of drug-likeness (QED) is 0.917. The average Bonchev–Trinajstić information content (AvgIpc) is 2.58. The van der Waals surface area contributed by atoms with Gasteiger partial charge in [-0.2, -0.15) is 0 Å². The highest BCUT2D eigenvalue weighted by Crippen LogP contribution is 2.25. The van der Waals surface area contributed by atoms with Crippen LogP contribution in [0.25, 0.3) is 0 Å². The van der Waals surface area contributed by atoms with Gasteiger partial charge < -0.3 is 15.1 Å². The van der Waals surface area contributed by atoms with E-state index in [9.17, 15) is 4.79 Å². The molecule has 2 saturated heterocycles. The van der Waals surface area contributed by atoms with Crippen molar-refractivity contribution in [3.05, 3.63) is 24.3 Å². The molecular formula is C20H31N3O. The van der Waals surface area contributed by atoms with Crippen molar-refractivity contribution < 1.29 is 4.79 Å². The molecule has 2 heterocycles. The number of hydrogen-bond acceptors (Lipinski definition) is 3. The van der Waals surface area contributed by atoms with Crippen LogP contribution in [0.1, 0.15) is 39.0 Å². The van der Waals surface area contributed by atoms with Gasteiger partial charge in [0.25, 0.3) is 0 Å². The summed E-state index contributed by atoms with van der Waals surface area (Å²) in [4.78, 5) is 17.0. The molecule has 4 heteroatoms. The van der Waals surface area contributed by atoms with Crippen LogP contribution in [-0.2, 0) is 4.79 Å². The van der Waals surface area contributed by atoms with E-state index in [-0.39, 0.29) is 5.91 Å². The fraction of sp³-hybridized carbons (Fsp3) is 0.650. The van der Waals surface area contributed by atoms with Gasteiger partial charge in [-0.25, -0.2) is 0 Å². The second kappa shape index (κ2) is 8.02. The SMILES string of the molecule is CC1CCN(c2ccc(NC(=O)CC3CCN(C)CC3)cc2)CC1. The molecule has 4 nitrogen and oxygen atoms in total. The molecule has 0 aliphatic carbocycles. The highest BCUT2D eigenvalue weighted by Gasteiger charge is 2.20.